The molecule has 0 spiro atoms. The summed E-state index contributed by atoms with van der Waals surface area (Å²) in [6.45, 7) is 2.01. The van der Waals surface area contributed by atoms with Crippen LogP contribution in [0.3, 0.4) is 0 Å². The second kappa shape index (κ2) is 5.56. The molecule has 3 N–H and O–H groups in total. The Labute approximate surface area is 110 Å². The average molecular weight is 260 g/mol. The molecular formula is C14H16N2O3. The standard InChI is InChI=1S/C14H16N2O3/c1-9(6-13(17)18)14(19)16-8-10-7-15-12-5-3-2-4-11(10)12/h2-5,7,9,15H,6,8H2,1H3,(H,16,19)(H,17,18). The minimum absolute atomic E-state index is 0.153. The van der Waals surface area contributed by atoms with Gasteiger partial charge in [-0.05, 0) is 11.6 Å². The summed E-state index contributed by atoms with van der Waals surface area (Å²) in [5.41, 5.74) is 2.01. The number of hydrogen-bond donors (Lipinski definition) is 3. The molecule has 100 valence electrons. The lowest BCUT2D eigenvalue weighted by molar-refractivity contribution is -0.140. The summed E-state index contributed by atoms with van der Waals surface area (Å²) in [7, 11) is 0. The topological polar surface area (TPSA) is 82.2 Å². The van der Waals surface area contributed by atoms with E-state index in [1.54, 1.807) is 6.92 Å². The number of hydrogen-bond acceptors (Lipinski definition) is 2. The molecule has 0 aliphatic rings. The zero-order valence-corrected chi connectivity index (χ0v) is 10.6. The predicted octanol–water partition coefficient (Wildman–Crippen LogP) is 1.89. The Morgan fingerprint density at radius 3 is 2.84 bits per heavy atom. The van der Waals surface area contributed by atoms with Crippen molar-refractivity contribution < 1.29 is 14.7 Å². The minimum Gasteiger partial charge on any atom is -0.481 e. The second-order valence-electron chi connectivity index (χ2n) is 4.58. The monoisotopic (exact) mass is 260 g/mol. The molecular weight excluding hydrogens is 244 g/mol. The summed E-state index contributed by atoms with van der Waals surface area (Å²) < 4.78 is 0. The molecule has 19 heavy (non-hydrogen) atoms. The minimum atomic E-state index is -0.963. The van der Waals surface area contributed by atoms with Gasteiger partial charge >= 0.3 is 5.97 Å². The van der Waals surface area contributed by atoms with E-state index in [4.69, 9.17) is 5.11 Å². The zero-order valence-electron chi connectivity index (χ0n) is 10.6. The number of benzene rings is 1. The molecule has 5 heteroatoms. The normalized spacial score (nSPS) is 12.3. The number of aromatic amines is 1. The predicted molar refractivity (Wildman–Crippen MR) is 71.6 cm³/mol. The van der Waals surface area contributed by atoms with Gasteiger partial charge in [-0.3, -0.25) is 9.59 Å². The molecule has 2 rings (SSSR count). The van der Waals surface area contributed by atoms with E-state index in [-0.39, 0.29) is 12.3 Å². The number of carboxylic acids is 1. The fourth-order valence-electron chi connectivity index (χ4n) is 1.99. The van der Waals surface area contributed by atoms with Crippen molar-refractivity contribution in [2.45, 2.75) is 19.9 Å². The summed E-state index contributed by atoms with van der Waals surface area (Å²) in [5, 5.41) is 12.5. The Balaban J connectivity index is 1.99. The van der Waals surface area contributed by atoms with Crippen LogP contribution in [-0.4, -0.2) is 22.0 Å². The van der Waals surface area contributed by atoms with E-state index < -0.39 is 11.9 Å². The van der Waals surface area contributed by atoms with Gasteiger partial charge in [-0.25, -0.2) is 0 Å². The number of amides is 1. The number of carbonyl (C=O) groups is 2. The van der Waals surface area contributed by atoms with Crippen LogP contribution in [0.25, 0.3) is 10.9 Å². The quantitative estimate of drug-likeness (QED) is 0.767. The van der Waals surface area contributed by atoms with Crippen molar-refractivity contribution in [3.8, 4) is 0 Å². The molecule has 0 saturated carbocycles. The highest BCUT2D eigenvalue weighted by Crippen LogP contribution is 2.17. The van der Waals surface area contributed by atoms with Crippen LogP contribution in [0.15, 0.2) is 30.5 Å². The van der Waals surface area contributed by atoms with Gasteiger partial charge in [-0.15, -0.1) is 0 Å². The van der Waals surface area contributed by atoms with E-state index in [0.29, 0.717) is 6.54 Å². The van der Waals surface area contributed by atoms with E-state index >= 15 is 0 Å². The zero-order chi connectivity index (χ0) is 13.8. The number of fused-ring (bicyclic) bond motifs is 1. The van der Waals surface area contributed by atoms with Gasteiger partial charge in [0, 0.05) is 29.6 Å². The summed E-state index contributed by atoms with van der Waals surface area (Å²) in [5.74, 6) is -1.73. The first-order valence-electron chi connectivity index (χ1n) is 6.12. The van der Waals surface area contributed by atoms with E-state index in [1.165, 1.54) is 0 Å². The van der Waals surface area contributed by atoms with Crippen molar-refractivity contribution in [3.05, 3.63) is 36.0 Å². The molecule has 0 aliphatic heterocycles. The number of carboxylic acid groups (broad SMARTS) is 1. The van der Waals surface area contributed by atoms with Gasteiger partial charge in [0.05, 0.1) is 6.42 Å². The molecule has 1 aromatic carbocycles. The highest BCUT2D eigenvalue weighted by atomic mass is 16.4. The molecule has 2 aromatic rings. The highest BCUT2D eigenvalue weighted by molar-refractivity contribution is 5.85. The molecule has 1 unspecified atom stereocenters. The van der Waals surface area contributed by atoms with Crippen LogP contribution in [-0.2, 0) is 16.1 Å². The van der Waals surface area contributed by atoms with Crippen LogP contribution >= 0.6 is 0 Å². The summed E-state index contributed by atoms with van der Waals surface area (Å²) in [4.78, 5) is 25.4. The number of carbonyl (C=O) groups excluding carboxylic acids is 1. The molecule has 0 fully saturated rings. The van der Waals surface area contributed by atoms with Gasteiger partial charge in [-0.2, -0.15) is 0 Å². The van der Waals surface area contributed by atoms with Gasteiger partial charge < -0.3 is 15.4 Å². The summed E-state index contributed by atoms with van der Waals surface area (Å²) in [6, 6.07) is 7.83. The van der Waals surface area contributed by atoms with Crippen molar-refractivity contribution in [1.82, 2.24) is 10.3 Å². The lowest BCUT2D eigenvalue weighted by Crippen LogP contribution is -2.29. The number of H-pyrrole nitrogens is 1. The van der Waals surface area contributed by atoms with Crippen molar-refractivity contribution in [1.29, 1.82) is 0 Å². The molecule has 1 atom stereocenters. The average Bonchev–Trinajstić information content (AvgIpc) is 2.78. The van der Waals surface area contributed by atoms with Crippen molar-refractivity contribution >= 4 is 22.8 Å². The van der Waals surface area contributed by atoms with E-state index in [2.05, 4.69) is 10.3 Å². The van der Waals surface area contributed by atoms with Crippen LogP contribution in [0.5, 0.6) is 0 Å². The molecule has 0 aliphatic carbocycles. The molecule has 0 bridgehead atoms. The van der Waals surface area contributed by atoms with Crippen molar-refractivity contribution in [2.24, 2.45) is 5.92 Å². The molecule has 0 saturated heterocycles. The largest absolute Gasteiger partial charge is 0.481 e. The maximum Gasteiger partial charge on any atom is 0.304 e. The van der Waals surface area contributed by atoms with E-state index in [0.717, 1.165) is 16.5 Å². The molecule has 1 amide bonds. The van der Waals surface area contributed by atoms with Gasteiger partial charge in [-0.1, -0.05) is 25.1 Å². The second-order valence-corrected chi connectivity index (χ2v) is 4.58. The maximum atomic E-state index is 11.7. The first-order chi connectivity index (χ1) is 9.08. The van der Waals surface area contributed by atoms with Crippen LogP contribution in [0, 0.1) is 5.92 Å². The Morgan fingerprint density at radius 1 is 1.37 bits per heavy atom. The lowest BCUT2D eigenvalue weighted by Gasteiger charge is -2.09. The Hall–Kier alpha value is -2.30. The summed E-state index contributed by atoms with van der Waals surface area (Å²) in [6.07, 6.45) is 1.70. The van der Waals surface area contributed by atoms with E-state index in [9.17, 15) is 9.59 Å². The third kappa shape index (κ3) is 3.13. The number of rotatable bonds is 5. The third-order valence-electron chi connectivity index (χ3n) is 3.06. The van der Waals surface area contributed by atoms with Gasteiger partial charge in [0.1, 0.15) is 0 Å². The number of aliphatic carboxylic acids is 1. The van der Waals surface area contributed by atoms with Crippen LogP contribution in [0.1, 0.15) is 18.9 Å². The molecule has 1 heterocycles. The fourth-order valence-corrected chi connectivity index (χ4v) is 1.99. The Kier molecular flexibility index (Phi) is 3.85. The molecule has 0 radical (unpaired) electrons. The highest BCUT2D eigenvalue weighted by Gasteiger charge is 2.16. The SMILES string of the molecule is CC(CC(=O)O)C(=O)NCc1c[nH]c2ccccc12. The molecule has 5 nitrogen and oxygen atoms in total. The molecule has 1 aromatic heterocycles. The third-order valence-corrected chi connectivity index (χ3v) is 3.06. The van der Waals surface area contributed by atoms with Crippen LogP contribution in [0.2, 0.25) is 0 Å². The maximum absolute atomic E-state index is 11.7. The smallest absolute Gasteiger partial charge is 0.304 e. The number of nitrogens with one attached hydrogen (secondary N) is 2. The van der Waals surface area contributed by atoms with Crippen LogP contribution in [0.4, 0.5) is 0 Å². The number of para-hydroxylation sites is 1. The Bertz CT molecular complexity index is 604. The number of aromatic nitrogens is 1. The van der Waals surface area contributed by atoms with Crippen LogP contribution < -0.4 is 5.32 Å². The van der Waals surface area contributed by atoms with Gasteiger partial charge in [0.2, 0.25) is 5.91 Å². The first kappa shape index (κ1) is 13.1. The first-order valence-corrected chi connectivity index (χ1v) is 6.12. The lowest BCUT2D eigenvalue weighted by atomic mass is 10.1. The van der Waals surface area contributed by atoms with Crippen molar-refractivity contribution in [3.63, 3.8) is 0 Å². The van der Waals surface area contributed by atoms with Gasteiger partial charge in [0.15, 0.2) is 0 Å². The fraction of sp³-hybridized carbons (Fsp3) is 0.286. The Morgan fingerprint density at radius 2 is 2.11 bits per heavy atom. The van der Waals surface area contributed by atoms with Crippen molar-refractivity contribution in [2.75, 3.05) is 0 Å². The summed E-state index contributed by atoms with van der Waals surface area (Å²) >= 11 is 0. The van der Waals surface area contributed by atoms with Gasteiger partial charge in [0.25, 0.3) is 0 Å². The van der Waals surface area contributed by atoms with E-state index in [1.807, 2.05) is 30.5 Å².